The second-order valence-electron chi connectivity index (χ2n) is 8.25. The molecule has 2 aromatic rings. The first kappa shape index (κ1) is 20.8. The molecule has 1 unspecified atom stereocenters. The van der Waals surface area contributed by atoms with Crippen LogP contribution in [0, 0.1) is 24.5 Å². The maximum atomic E-state index is 14.3. The van der Waals surface area contributed by atoms with Gasteiger partial charge in [-0.2, -0.15) is 0 Å². The number of nitrogens with zero attached hydrogens (tertiary/aromatic N) is 2. The van der Waals surface area contributed by atoms with E-state index < -0.39 is 16.5 Å². The molecule has 7 heteroatoms. The molecule has 0 radical (unpaired) electrons. The minimum absolute atomic E-state index is 0.0743. The summed E-state index contributed by atoms with van der Waals surface area (Å²) in [6.45, 7) is 6.11. The first-order valence-electron chi connectivity index (χ1n) is 10.1. The van der Waals surface area contributed by atoms with Gasteiger partial charge < -0.3 is 9.80 Å². The van der Waals surface area contributed by atoms with E-state index in [0.29, 0.717) is 24.4 Å². The predicted octanol–water partition coefficient (Wildman–Crippen LogP) is 4.59. The average molecular weight is 431 g/mol. The van der Waals surface area contributed by atoms with E-state index in [1.54, 1.807) is 11.0 Å². The highest BCUT2D eigenvalue weighted by molar-refractivity contribution is 8.01. The van der Waals surface area contributed by atoms with Crippen molar-refractivity contribution in [3.05, 3.63) is 64.7 Å². The van der Waals surface area contributed by atoms with Crippen LogP contribution >= 0.6 is 11.8 Å². The lowest BCUT2D eigenvalue weighted by atomic mass is 10.0. The zero-order chi connectivity index (χ0) is 21.6. The van der Waals surface area contributed by atoms with Crippen LogP contribution in [0.5, 0.6) is 0 Å². The zero-order valence-corrected chi connectivity index (χ0v) is 18.1. The number of anilines is 1. The maximum Gasteiger partial charge on any atom is 0.268 e. The standard InChI is InChI=1S/C23H24F2N2O2S/c1-14(2)11-21(28)27-9-10-30-23(27)17-12-15(3)7-8-20(17)26(22(23)29)13-16-18(24)5-4-6-19(16)25/h4-8,12,14H,9-11,13H2,1-3H3. The molecule has 1 atom stereocenters. The van der Waals surface area contributed by atoms with Crippen molar-refractivity contribution in [3.8, 4) is 0 Å². The van der Waals surface area contributed by atoms with Gasteiger partial charge in [-0.3, -0.25) is 9.59 Å². The van der Waals surface area contributed by atoms with Crippen molar-refractivity contribution in [2.24, 2.45) is 5.92 Å². The Morgan fingerprint density at radius 3 is 2.57 bits per heavy atom. The Bertz CT molecular complexity index is 1010. The number of hydrogen-bond donors (Lipinski definition) is 0. The van der Waals surface area contributed by atoms with Crippen LogP contribution in [0.2, 0.25) is 0 Å². The summed E-state index contributed by atoms with van der Waals surface area (Å²) in [7, 11) is 0. The molecule has 2 amide bonds. The Morgan fingerprint density at radius 2 is 1.90 bits per heavy atom. The van der Waals surface area contributed by atoms with Crippen LogP contribution in [0.4, 0.5) is 14.5 Å². The molecular formula is C23H24F2N2O2S. The number of amides is 2. The number of thioether (sulfide) groups is 1. The summed E-state index contributed by atoms with van der Waals surface area (Å²) in [6, 6.07) is 9.27. The summed E-state index contributed by atoms with van der Waals surface area (Å²) in [5.74, 6) is -0.976. The number of aryl methyl sites for hydroxylation is 1. The minimum Gasteiger partial charge on any atom is -0.315 e. The first-order valence-corrected chi connectivity index (χ1v) is 11.0. The van der Waals surface area contributed by atoms with E-state index in [9.17, 15) is 18.4 Å². The van der Waals surface area contributed by atoms with Crippen molar-refractivity contribution in [2.45, 2.75) is 38.6 Å². The molecule has 1 saturated heterocycles. The Kier molecular flexibility index (Phi) is 5.34. The van der Waals surface area contributed by atoms with E-state index in [1.165, 1.54) is 34.9 Å². The van der Waals surface area contributed by atoms with Crippen molar-refractivity contribution in [2.75, 3.05) is 17.2 Å². The summed E-state index contributed by atoms with van der Waals surface area (Å²) in [6.07, 6.45) is 0.346. The van der Waals surface area contributed by atoms with Gasteiger partial charge in [-0.15, -0.1) is 11.8 Å². The van der Waals surface area contributed by atoms with Crippen molar-refractivity contribution in [1.29, 1.82) is 0 Å². The Hall–Kier alpha value is -2.41. The number of hydrogen-bond acceptors (Lipinski definition) is 3. The van der Waals surface area contributed by atoms with Gasteiger partial charge in [-0.1, -0.05) is 37.6 Å². The number of carbonyl (C=O) groups excluding carboxylic acids is 2. The number of carbonyl (C=O) groups is 2. The summed E-state index contributed by atoms with van der Waals surface area (Å²) in [4.78, 5) is 28.8. The normalized spacial score (nSPS) is 20.5. The Labute approximate surface area is 179 Å². The molecule has 4 nitrogen and oxygen atoms in total. The second kappa shape index (κ2) is 7.69. The lowest BCUT2D eigenvalue weighted by Crippen LogP contribution is -2.50. The quantitative estimate of drug-likeness (QED) is 0.712. The van der Waals surface area contributed by atoms with Crippen LogP contribution in [-0.2, 0) is 21.0 Å². The molecule has 158 valence electrons. The number of halogens is 2. The van der Waals surface area contributed by atoms with Gasteiger partial charge in [0.05, 0.1) is 12.2 Å². The van der Waals surface area contributed by atoms with Crippen molar-refractivity contribution in [3.63, 3.8) is 0 Å². The van der Waals surface area contributed by atoms with Gasteiger partial charge in [0.15, 0.2) is 4.87 Å². The van der Waals surface area contributed by atoms with Gasteiger partial charge in [-0.05, 0) is 31.0 Å². The lowest BCUT2D eigenvalue weighted by Gasteiger charge is -2.33. The third-order valence-electron chi connectivity index (χ3n) is 5.61. The first-order chi connectivity index (χ1) is 14.3. The smallest absolute Gasteiger partial charge is 0.268 e. The van der Waals surface area contributed by atoms with Gasteiger partial charge in [0.1, 0.15) is 11.6 Å². The molecule has 4 rings (SSSR count). The molecule has 1 spiro atoms. The minimum atomic E-state index is -1.17. The van der Waals surface area contributed by atoms with E-state index in [1.807, 2.05) is 32.9 Å². The SMILES string of the molecule is Cc1ccc2c(c1)C1(SCCN1C(=O)CC(C)C)C(=O)N2Cc1c(F)cccc1F. The number of rotatable bonds is 4. The highest BCUT2D eigenvalue weighted by atomic mass is 32.2. The van der Waals surface area contributed by atoms with Crippen LogP contribution in [0.15, 0.2) is 36.4 Å². The van der Waals surface area contributed by atoms with Crippen LogP contribution < -0.4 is 4.90 Å². The van der Waals surface area contributed by atoms with Crippen LogP contribution in [-0.4, -0.2) is 29.0 Å². The number of benzene rings is 2. The summed E-state index contributed by atoms with van der Waals surface area (Å²) >= 11 is 1.42. The van der Waals surface area contributed by atoms with Gasteiger partial charge >= 0.3 is 0 Å². The topological polar surface area (TPSA) is 40.6 Å². The van der Waals surface area contributed by atoms with Crippen LogP contribution in [0.25, 0.3) is 0 Å². The fraction of sp³-hybridized carbons (Fsp3) is 0.391. The van der Waals surface area contributed by atoms with E-state index in [-0.39, 0.29) is 29.8 Å². The maximum absolute atomic E-state index is 14.3. The van der Waals surface area contributed by atoms with E-state index in [0.717, 1.165) is 11.1 Å². The average Bonchev–Trinajstić information content (AvgIpc) is 3.21. The highest BCUT2D eigenvalue weighted by Crippen LogP contribution is 2.55. The molecule has 2 aliphatic rings. The van der Waals surface area contributed by atoms with E-state index >= 15 is 0 Å². The van der Waals surface area contributed by atoms with Gasteiger partial charge in [0.2, 0.25) is 5.91 Å². The fourth-order valence-electron chi connectivity index (χ4n) is 4.24. The molecule has 0 aliphatic carbocycles. The van der Waals surface area contributed by atoms with Crippen molar-refractivity contribution < 1.29 is 18.4 Å². The third kappa shape index (κ3) is 3.20. The molecule has 2 aromatic carbocycles. The molecule has 0 saturated carbocycles. The van der Waals surface area contributed by atoms with E-state index in [2.05, 4.69) is 0 Å². The summed E-state index contributed by atoms with van der Waals surface area (Å²) in [5, 5.41) is 0. The summed E-state index contributed by atoms with van der Waals surface area (Å²) in [5.41, 5.74) is 2.13. The van der Waals surface area contributed by atoms with Gasteiger partial charge in [0, 0.05) is 29.8 Å². The molecule has 2 heterocycles. The van der Waals surface area contributed by atoms with Crippen LogP contribution in [0.1, 0.15) is 37.0 Å². The van der Waals surface area contributed by atoms with Crippen LogP contribution in [0.3, 0.4) is 0 Å². The zero-order valence-electron chi connectivity index (χ0n) is 17.2. The predicted molar refractivity (Wildman–Crippen MR) is 114 cm³/mol. The Morgan fingerprint density at radius 1 is 1.20 bits per heavy atom. The van der Waals surface area contributed by atoms with Crippen molar-refractivity contribution >= 4 is 29.3 Å². The molecule has 30 heavy (non-hydrogen) atoms. The molecule has 2 aliphatic heterocycles. The molecule has 0 N–H and O–H groups in total. The van der Waals surface area contributed by atoms with E-state index in [4.69, 9.17) is 0 Å². The lowest BCUT2D eigenvalue weighted by molar-refractivity contribution is -0.140. The second-order valence-corrected chi connectivity index (χ2v) is 9.54. The largest absolute Gasteiger partial charge is 0.315 e. The highest BCUT2D eigenvalue weighted by Gasteiger charge is 2.59. The molecule has 0 aromatic heterocycles. The van der Waals surface area contributed by atoms with Crippen molar-refractivity contribution in [1.82, 2.24) is 4.90 Å². The summed E-state index contributed by atoms with van der Waals surface area (Å²) < 4.78 is 28.7. The van der Waals surface area contributed by atoms with Gasteiger partial charge in [-0.25, -0.2) is 8.78 Å². The fourth-order valence-corrected chi connectivity index (χ4v) is 5.71. The molecule has 1 fully saturated rings. The monoisotopic (exact) mass is 430 g/mol. The van der Waals surface area contributed by atoms with Gasteiger partial charge in [0.25, 0.3) is 5.91 Å². The molecular weight excluding hydrogens is 406 g/mol. The third-order valence-corrected chi connectivity index (χ3v) is 7.03. The number of fused-ring (bicyclic) bond motifs is 2. The Balaban J connectivity index is 1.81. The molecule has 0 bridgehead atoms.